The number of aliphatic carboxylic acids is 1. The zero-order valence-electron chi connectivity index (χ0n) is 9.31. The van der Waals surface area contributed by atoms with Crippen molar-refractivity contribution < 1.29 is 14.7 Å². The number of hydrogen-bond acceptors (Lipinski definition) is 3. The SMILES string of the molecule is CN(CCC(=O)O)c1ccc(C(N)=O)cc1Cl. The Morgan fingerprint density at radius 1 is 1.47 bits per heavy atom. The first-order valence-corrected chi connectivity index (χ1v) is 5.32. The zero-order valence-corrected chi connectivity index (χ0v) is 10.1. The summed E-state index contributed by atoms with van der Waals surface area (Å²) in [5, 5.41) is 8.94. The van der Waals surface area contributed by atoms with Crippen molar-refractivity contribution in [2.75, 3.05) is 18.5 Å². The van der Waals surface area contributed by atoms with Gasteiger partial charge >= 0.3 is 5.97 Å². The molecule has 0 bridgehead atoms. The monoisotopic (exact) mass is 256 g/mol. The van der Waals surface area contributed by atoms with Crippen molar-refractivity contribution in [1.82, 2.24) is 0 Å². The van der Waals surface area contributed by atoms with E-state index in [2.05, 4.69) is 0 Å². The van der Waals surface area contributed by atoms with Crippen molar-refractivity contribution in [3.05, 3.63) is 28.8 Å². The molecule has 0 saturated carbocycles. The van der Waals surface area contributed by atoms with E-state index in [1.54, 1.807) is 24.1 Å². The fraction of sp³-hybridized carbons (Fsp3) is 0.273. The first kappa shape index (κ1) is 13.3. The Balaban J connectivity index is 2.84. The van der Waals surface area contributed by atoms with E-state index in [0.717, 1.165) is 0 Å². The number of anilines is 1. The van der Waals surface area contributed by atoms with Crippen molar-refractivity contribution in [1.29, 1.82) is 0 Å². The smallest absolute Gasteiger partial charge is 0.305 e. The maximum absolute atomic E-state index is 10.9. The molecule has 0 aromatic heterocycles. The summed E-state index contributed by atoms with van der Waals surface area (Å²) in [7, 11) is 1.73. The topological polar surface area (TPSA) is 83.6 Å². The third-order valence-electron chi connectivity index (χ3n) is 2.30. The van der Waals surface area contributed by atoms with E-state index in [9.17, 15) is 9.59 Å². The molecule has 0 heterocycles. The van der Waals surface area contributed by atoms with E-state index in [0.29, 0.717) is 22.8 Å². The zero-order chi connectivity index (χ0) is 13.0. The summed E-state index contributed by atoms with van der Waals surface area (Å²) in [5.41, 5.74) is 6.11. The number of halogens is 1. The van der Waals surface area contributed by atoms with Gasteiger partial charge in [-0.15, -0.1) is 0 Å². The van der Waals surface area contributed by atoms with Crippen LogP contribution in [0.25, 0.3) is 0 Å². The largest absolute Gasteiger partial charge is 0.481 e. The molecule has 1 amide bonds. The van der Waals surface area contributed by atoms with Crippen LogP contribution in [0.15, 0.2) is 18.2 Å². The Kier molecular flexibility index (Phi) is 4.34. The van der Waals surface area contributed by atoms with Crippen LogP contribution in [0.5, 0.6) is 0 Å². The van der Waals surface area contributed by atoms with E-state index in [1.807, 2.05) is 0 Å². The van der Waals surface area contributed by atoms with Gasteiger partial charge in [0.05, 0.1) is 17.1 Å². The van der Waals surface area contributed by atoms with Gasteiger partial charge in [-0.25, -0.2) is 0 Å². The maximum Gasteiger partial charge on any atom is 0.305 e. The van der Waals surface area contributed by atoms with E-state index in [4.69, 9.17) is 22.4 Å². The molecule has 0 saturated heterocycles. The summed E-state index contributed by atoms with van der Waals surface area (Å²) in [5.74, 6) is -1.42. The molecule has 17 heavy (non-hydrogen) atoms. The highest BCUT2D eigenvalue weighted by atomic mass is 35.5. The van der Waals surface area contributed by atoms with Crippen LogP contribution < -0.4 is 10.6 Å². The second-order valence-corrected chi connectivity index (χ2v) is 4.00. The van der Waals surface area contributed by atoms with Gasteiger partial charge in [0.25, 0.3) is 0 Å². The molecule has 0 atom stereocenters. The van der Waals surface area contributed by atoms with Gasteiger partial charge in [-0.2, -0.15) is 0 Å². The molecule has 0 aliphatic heterocycles. The Hall–Kier alpha value is -1.75. The molecule has 3 N–H and O–H groups in total. The minimum atomic E-state index is -0.873. The van der Waals surface area contributed by atoms with Crippen LogP contribution >= 0.6 is 11.6 Å². The van der Waals surface area contributed by atoms with Crippen LogP contribution in [-0.2, 0) is 4.79 Å². The number of carbonyl (C=O) groups excluding carboxylic acids is 1. The van der Waals surface area contributed by atoms with Gasteiger partial charge in [0.2, 0.25) is 5.91 Å². The lowest BCUT2D eigenvalue weighted by atomic mass is 10.2. The molecule has 0 spiro atoms. The van der Waals surface area contributed by atoms with Crippen LogP contribution in [0.3, 0.4) is 0 Å². The quantitative estimate of drug-likeness (QED) is 0.833. The number of carbonyl (C=O) groups is 2. The molecule has 0 fully saturated rings. The summed E-state index contributed by atoms with van der Waals surface area (Å²) in [6.07, 6.45) is 0.0183. The highest BCUT2D eigenvalue weighted by Gasteiger charge is 2.10. The molecule has 5 nitrogen and oxygen atoms in total. The molecule has 92 valence electrons. The van der Waals surface area contributed by atoms with Crippen LogP contribution in [0.4, 0.5) is 5.69 Å². The van der Waals surface area contributed by atoms with Gasteiger partial charge in [0, 0.05) is 19.2 Å². The Bertz CT molecular complexity index is 448. The Morgan fingerprint density at radius 2 is 2.12 bits per heavy atom. The molecule has 1 aromatic carbocycles. The lowest BCUT2D eigenvalue weighted by molar-refractivity contribution is -0.136. The molecular formula is C11H13ClN2O3. The van der Waals surface area contributed by atoms with Crippen molar-refractivity contribution in [3.8, 4) is 0 Å². The van der Waals surface area contributed by atoms with Crippen LogP contribution in [-0.4, -0.2) is 30.6 Å². The number of nitrogens with two attached hydrogens (primary N) is 1. The van der Waals surface area contributed by atoms with Crippen molar-refractivity contribution in [3.63, 3.8) is 0 Å². The number of nitrogens with zero attached hydrogens (tertiary/aromatic N) is 1. The van der Waals surface area contributed by atoms with Gasteiger partial charge in [-0.1, -0.05) is 11.6 Å². The average molecular weight is 257 g/mol. The second kappa shape index (κ2) is 5.54. The molecular weight excluding hydrogens is 244 g/mol. The number of hydrogen-bond donors (Lipinski definition) is 2. The maximum atomic E-state index is 10.9. The summed E-state index contributed by atoms with van der Waals surface area (Å²) in [6.45, 7) is 0.338. The molecule has 1 aromatic rings. The number of benzene rings is 1. The first-order chi connectivity index (χ1) is 7.91. The number of primary amides is 1. The predicted octanol–water partition coefficient (Wildman–Crippen LogP) is 1.35. The first-order valence-electron chi connectivity index (χ1n) is 4.94. The fourth-order valence-electron chi connectivity index (χ4n) is 1.35. The van der Waals surface area contributed by atoms with Crippen LogP contribution in [0.1, 0.15) is 16.8 Å². The Labute approximate surface area is 104 Å². The van der Waals surface area contributed by atoms with Gasteiger partial charge < -0.3 is 15.7 Å². The Morgan fingerprint density at radius 3 is 2.59 bits per heavy atom. The third kappa shape index (κ3) is 3.64. The van der Waals surface area contributed by atoms with Gasteiger partial charge in [0.1, 0.15) is 0 Å². The van der Waals surface area contributed by atoms with Crippen LogP contribution in [0.2, 0.25) is 5.02 Å². The lowest BCUT2D eigenvalue weighted by Gasteiger charge is -2.19. The molecule has 0 unspecified atom stereocenters. The molecule has 6 heteroatoms. The highest BCUT2D eigenvalue weighted by Crippen LogP contribution is 2.26. The second-order valence-electron chi connectivity index (χ2n) is 3.60. The normalized spacial score (nSPS) is 10.0. The molecule has 0 aliphatic rings. The number of carboxylic acids is 1. The third-order valence-corrected chi connectivity index (χ3v) is 2.61. The summed E-state index contributed by atoms with van der Waals surface area (Å²) >= 11 is 5.99. The van der Waals surface area contributed by atoms with Crippen molar-refractivity contribution >= 4 is 29.2 Å². The van der Waals surface area contributed by atoms with Gasteiger partial charge in [-0.3, -0.25) is 9.59 Å². The standard InChI is InChI=1S/C11H13ClN2O3/c1-14(5-4-10(15)16)9-3-2-7(11(13)17)6-8(9)12/h2-3,6H,4-5H2,1H3,(H2,13,17)(H,15,16). The average Bonchev–Trinajstić information content (AvgIpc) is 2.25. The van der Waals surface area contributed by atoms with Gasteiger partial charge in [0.15, 0.2) is 0 Å². The summed E-state index contributed by atoms with van der Waals surface area (Å²) in [4.78, 5) is 23.1. The van der Waals surface area contributed by atoms with E-state index in [-0.39, 0.29) is 6.42 Å². The van der Waals surface area contributed by atoms with Gasteiger partial charge in [-0.05, 0) is 18.2 Å². The minimum Gasteiger partial charge on any atom is -0.481 e. The number of amides is 1. The van der Waals surface area contributed by atoms with E-state index < -0.39 is 11.9 Å². The van der Waals surface area contributed by atoms with E-state index >= 15 is 0 Å². The van der Waals surface area contributed by atoms with Crippen molar-refractivity contribution in [2.45, 2.75) is 6.42 Å². The minimum absolute atomic E-state index is 0.0183. The van der Waals surface area contributed by atoms with Crippen LogP contribution in [0, 0.1) is 0 Å². The number of rotatable bonds is 5. The summed E-state index contributed by atoms with van der Waals surface area (Å²) in [6, 6.07) is 4.67. The van der Waals surface area contributed by atoms with Crippen molar-refractivity contribution in [2.24, 2.45) is 5.73 Å². The lowest BCUT2D eigenvalue weighted by Crippen LogP contribution is -2.21. The van der Waals surface area contributed by atoms with E-state index in [1.165, 1.54) is 6.07 Å². The molecule has 0 radical (unpaired) electrons. The number of carboxylic acid groups (broad SMARTS) is 1. The molecule has 0 aliphatic carbocycles. The highest BCUT2D eigenvalue weighted by molar-refractivity contribution is 6.33. The summed E-state index contributed by atoms with van der Waals surface area (Å²) < 4.78 is 0. The molecule has 1 rings (SSSR count). The fourth-order valence-corrected chi connectivity index (χ4v) is 1.68. The predicted molar refractivity (Wildman–Crippen MR) is 65.5 cm³/mol.